The lowest BCUT2D eigenvalue weighted by Gasteiger charge is -2.39. The van der Waals surface area contributed by atoms with E-state index in [9.17, 15) is 14.4 Å². The summed E-state index contributed by atoms with van der Waals surface area (Å²) in [6.45, 7) is 12.8. The van der Waals surface area contributed by atoms with E-state index in [1.165, 1.54) is 0 Å². The van der Waals surface area contributed by atoms with E-state index >= 15 is 0 Å². The number of aromatic nitrogens is 2. The van der Waals surface area contributed by atoms with E-state index in [0.717, 1.165) is 5.56 Å². The summed E-state index contributed by atoms with van der Waals surface area (Å²) in [5.41, 5.74) is 2.14. The first-order valence-electron chi connectivity index (χ1n) is 13.8. The van der Waals surface area contributed by atoms with Crippen molar-refractivity contribution in [2.75, 3.05) is 13.1 Å². The number of nitrogens with zero attached hydrogens (tertiary/aromatic N) is 4. The molecule has 0 bridgehead atoms. The minimum atomic E-state index is -2.21. The second kappa shape index (κ2) is 11.2. The first kappa shape index (κ1) is 29.8. The van der Waals surface area contributed by atoms with Crippen molar-refractivity contribution in [1.82, 2.24) is 18.9 Å². The molecule has 1 atom stereocenters. The maximum Gasteiger partial charge on any atom is 0.329 e. The molecule has 1 unspecified atom stereocenters. The number of amides is 2. The molecule has 2 aliphatic rings. The zero-order valence-electron chi connectivity index (χ0n) is 24.1. The number of carbonyl (C=O) groups excluding carboxylic acids is 2. The zero-order chi connectivity index (χ0) is 29.7. The average Bonchev–Trinajstić information content (AvgIpc) is 3.10. The molecule has 1 aromatic heterocycles. The summed E-state index contributed by atoms with van der Waals surface area (Å²) in [5, 5.41) is 0.417. The Kier molecular flexibility index (Phi) is 8.15. The highest BCUT2D eigenvalue weighted by Crippen LogP contribution is 2.38. The van der Waals surface area contributed by atoms with Crippen molar-refractivity contribution in [2.24, 2.45) is 0 Å². The van der Waals surface area contributed by atoms with Crippen LogP contribution in [0.5, 0.6) is 0 Å². The number of carbonyl (C=O) groups is 2. The van der Waals surface area contributed by atoms with Crippen molar-refractivity contribution in [3.63, 3.8) is 0 Å². The number of imidazole rings is 1. The lowest BCUT2D eigenvalue weighted by Crippen LogP contribution is -2.48. The van der Waals surface area contributed by atoms with Crippen LogP contribution in [0.1, 0.15) is 52.9 Å². The molecule has 8 nitrogen and oxygen atoms in total. The molecular formula is C30H36BrClN4O4Si. The maximum atomic E-state index is 14.2. The molecular weight excluding hydrogens is 624 g/mol. The molecule has 218 valence electrons. The number of fused-ring (bicyclic) bond motifs is 3. The standard InChI is InChI=1S/C30H36BrClN4O4Si/c1-30(2,3)41(4,5)40-22-17-34(16-20-9-7-6-8-10-20)28(38)26-25-19-33(13-14-35(25)29(39)36(26)18-22)27(37)21-11-12-23(31)24(32)15-21/h6-12,15,22H,13-14,16-19H2,1-5H3. The first-order valence-corrected chi connectivity index (χ1v) is 17.9. The summed E-state index contributed by atoms with van der Waals surface area (Å²) in [5.74, 6) is -0.415. The summed E-state index contributed by atoms with van der Waals surface area (Å²) in [4.78, 5) is 44.9. The summed E-state index contributed by atoms with van der Waals surface area (Å²) in [6, 6.07) is 14.9. The van der Waals surface area contributed by atoms with Gasteiger partial charge in [-0.3, -0.25) is 18.7 Å². The van der Waals surface area contributed by atoms with Gasteiger partial charge in [0, 0.05) is 36.2 Å². The Morgan fingerprint density at radius 1 is 1.05 bits per heavy atom. The Hall–Kier alpha value is -2.66. The zero-order valence-corrected chi connectivity index (χ0v) is 27.5. The van der Waals surface area contributed by atoms with Crippen LogP contribution in [0.4, 0.5) is 0 Å². The molecule has 11 heteroatoms. The predicted octanol–water partition coefficient (Wildman–Crippen LogP) is 5.77. The Bertz CT molecular complexity index is 1550. The van der Waals surface area contributed by atoms with Gasteiger partial charge in [0.1, 0.15) is 5.69 Å². The van der Waals surface area contributed by atoms with Crippen LogP contribution in [0.15, 0.2) is 57.8 Å². The molecule has 2 aromatic carbocycles. The lowest BCUT2D eigenvalue weighted by atomic mass is 10.1. The van der Waals surface area contributed by atoms with Crippen LogP contribution >= 0.6 is 27.5 Å². The SMILES string of the molecule is CC(C)(C)[Si](C)(C)OC1CN(Cc2ccccc2)C(=O)c2c3n(c(=O)n2C1)CCN(C(=O)c1ccc(Br)c(Cl)c1)C3. The van der Waals surface area contributed by atoms with Crippen molar-refractivity contribution < 1.29 is 14.0 Å². The molecule has 0 spiro atoms. The van der Waals surface area contributed by atoms with Gasteiger partial charge in [0.05, 0.1) is 29.9 Å². The van der Waals surface area contributed by atoms with Gasteiger partial charge in [-0.15, -0.1) is 0 Å². The molecule has 0 saturated heterocycles. The number of hydrogen-bond acceptors (Lipinski definition) is 4. The molecule has 5 rings (SSSR count). The van der Waals surface area contributed by atoms with Gasteiger partial charge in [-0.05, 0) is 57.8 Å². The smallest absolute Gasteiger partial charge is 0.329 e. The van der Waals surface area contributed by atoms with Gasteiger partial charge in [0.25, 0.3) is 11.8 Å². The van der Waals surface area contributed by atoms with Crippen molar-refractivity contribution in [1.29, 1.82) is 0 Å². The van der Waals surface area contributed by atoms with Crippen LogP contribution in [-0.2, 0) is 30.6 Å². The fourth-order valence-electron chi connectivity index (χ4n) is 5.25. The number of rotatable bonds is 5. The molecule has 0 fully saturated rings. The van der Waals surface area contributed by atoms with E-state index in [-0.39, 0.29) is 41.7 Å². The highest BCUT2D eigenvalue weighted by atomic mass is 79.9. The van der Waals surface area contributed by atoms with Gasteiger partial charge in [0.2, 0.25) is 0 Å². The van der Waals surface area contributed by atoms with Crippen molar-refractivity contribution >= 4 is 47.7 Å². The lowest BCUT2D eigenvalue weighted by molar-refractivity contribution is 0.0631. The summed E-state index contributed by atoms with van der Waals surface area (Å²) >= 11 is 9.63. The first-order chi connectivity index (χ1) is 19.3. The number of halogens is 2. The largest absolute Gasteiger partial charge is 0.410 e. The molecule has 2 aliphatic heterocycles. The van der Waals surface area contributed by atoms with Crippen molar-refractivity contribution in [3.8, 4) is 0 Å². The van der Waals surface area contributed by atoms with E-state index in [4.69, 9.17) is 16.0 Å². The predicted molar refractivity (Wildman–Crippen MR) is 166 cm³/mol. The van der Waals surface area contributed by atoms with Gasteiger partial charge in [0.15, 0.2) is 8.32 Å². The van der Waals surface area contributed by atoms with Crippen LogP contribution in [0.25, 0.3) is 0 Å². The summed E-state index contributed by atoms with van der Waals surface area (Å²) in [7, 11) is -2.21. The molecule has 0 aliphatic carbocycles. The van der Waals surface area contributed by atoms with Crippen LogP contribution in [0.2, 0.25) is 23.2 Å². The third-order valence-corrected chi connectivity index (χ3v) is 14.3. The summed E-state index contributed by atoms with van der Waals surface area (Å²) in [6.07, 6.45) is -0.338. The third-order valence-electron chi connectivity index (χ3n) is 8.50. The van der Waals surface area contributed by atoms with E-state index in [0.29, 0.717) is 52.6 Å². The Labute approximate surface area is 255 Å². The maximum absolute atomic E-state index is 14.2. The van der Waals surface area contributed by atoms with E-state index in [2.05, 4.69) is 49.8 Å². The summed E-state index contributed by atoms with van der Waals surface area (Å²) < 4.78 is 10.8. The highest BCUT2D eigenvalue weighted by Gasteiger charge is 2.42. The molecule has 41 heavy (non-hydrogen) atoms. The topological polar surface area (TPSA) is 76.8 Å². The molecule has 2 amide bonds. The monoisotopic (exact) mass is 658 g/mol. The van der Waals surface area contributed by atoms with E-state index in [1.807, 2.05) is 30.3 Å². The quantitative estimate of drug-likeness (QED) is 0.326. The second-order valence-corrected chi connectivity index (χ2v) is 18.4. The molecule has 0 radical (unpaired) electrons. The van der Waals surface area contributed by atoms with Crippen molar-refractivity contribution in [2.45, 2.75) is 71.2 Å². The van der Waals surface area contributed by atoms with E-state index < -0.39 is 8.32 Å². The van der Waals surface area contributed by atoms with Gasteiger partial charge < -0.3 is 14.2 Å². The van der Waals surface area contributed by atoms with Crippen LogP contribution in [0.3, 0.4) is 0 Å². The normalized spacial score (nSPS) is 17.7. The third kappa shape index (κ3) is 5.84. The number of hydrogen-bond donors (Lipinski definition) is 0. The molecule has 0 saturated carbocycles. The molecule has 3 heterocycles. The Morgan fingerprint density at radius 3 is 2.41 bits per heavy atom. The fourth-order valence-corrected chi connectivity index (χ4v) is 7.02. The Morgan fingerprint density at radius 2 is 1.76 bits per heavy atom. The van der Waals surface area contributed by atoms with E-state index in [1.54, 1.807) is 37.1 Å². The molecule has 0 N–H and O–H groups in total. The fraction of sp³-hybridized carbons (Fsp3) is 0.433. The van der Waals surface area contributed by atoms with Crippen molar-refractivity contribution in [3.05, 3.63) is 91.0 Å². The van der Waals surface area contributed by atoms with Gasteiger partial charge in [-0.1, -0.05) is 62.7 Å². The van der Waals surface area contributed by atoms with Gasteiger partial charge in [-0.25, -0.2) is 4.79 Å². The Balaban J connectivity index is 1.53. The molecule has 3 aromatic rings. The van der Waals surface area contributed by atoms with Gasteiger partial charge >= 0.3 is 5.69 Å². The minimum Gasteiger partial charge on any atom is -0.410 e. The van der Waals surface area contributed by atoms with Gasteiger partial charge in [-0.2, -0.15) is 0 Å². The van der Waals surface area contributed by atoms with Crippen LogP contribution in [0, 0.1) is 0 Å². The van der Waals surface area contributed by atoms with Crippen LogP contribution < -0.4 is 5.69 Å². The average molecular weight is 660 g/mol. The number of benzene rings is 2. The van der Waals surface area contributed by atoms with Crippen LogP contribution in [-0.4, -0.2) is 58.3 Å². The minimum absolute atomic E-state index is 0.0296. The highest BCUT2D eigenvalue weighted by molar-refractivity contribution is 9.10. The second-order valence-electron chi connectivity index (χ2n) is 12.4.